The number of anilines is 1. The van der Waals surface area contributed by atoms with E-state index in [-0.39, 0.29) is 17.8 Å². The molecule has 0 unspecified atom stereocenters. The van der Waals surface area contributed by atoms with Crippen molar-refractivity contribution in [1.29, 1.82) is 0 Å². The molecule has 2 aliphatic rings. The fourth-order valence-corrected chi connectivity index (χ4v) is 4.55. The van der Waals surface area contributed by atoms with Crippen LogP contribution < -0.4 is 15.5 Å². The van der Waals surface area contributed by atoms with Crippen molar-refractivity contribution >= 4 is 23.4 Å². The highest BCUT2D eigenvalue weighted by Crippen LogP contribution is 2.36. The van der Waals surface area contributed by atoms with E-state index in [4.69, 9.17) is 5.10 Å². The Morgan fingerprint density at radius 1 is 1.00 bits per heavy atom. The molecule has 0 saturated carbocycles. The van der Waals surface area contributed by atoms with Crippen molar-refractivity contribution in [3.8, 4) is 22.4 Å². The molecule has 2 aromatic heterocycles. The molecule has 0 radical (unpaired) electrons. The number of aromatic nitrogens is 3. The number of carbonyl (C=O) groups is 1. The molecular weight excluding hydrogens is 421 g/mol. The highest BCUT2D eigenvalue weighted by Gasteiger charge is 2.24. The van der Waals surface area contributed by atoms with Crippen LogP contribution in [0, 0.1) is 5.82 Å². The summed E-state index contributed by atoms with van der Waals surface area (Å²) >= 11 is 0. The summed E-state index contributed by atoms with van der Waals surface area (Å²) < 4.78 is 15.5. The number of benzene rings is 2. The monoisotopic (exact) mass is 441 g/mol. The van der Waals surface area contributed by atoms with Gasteiger partial charge in [0.05, 0.1) is 17.0 Å². The first kappa shape index (κ1) is 19.8. The summed E-state index contributed by atoms with van der Waals surface area (Å²) in [4.78, 5) is 22.5. The van der Waals surface area contributed by atoms with Gasteiger partial charge in [0.1, 0.15) is 11.5 Å². The van der Waals surface area contributed by atoms with E-state index < -0.39 is 0 Å². The average Bonchev–Trinajstić information content (AvgIpc) is 3.39. The van der Waals surface area contributed by atoms with Crippen molar-refractivity contribution in [3.63, 3.8) is 0 Å². The number of aliphatic hydroxyl groups excluding tert-OH is 1. The van der Waals surface area contributed by atoms with Gasteiger partial charge in [-0.1, -0.05) is 6.07 Å². The molecule has 1 N–H and O–H groups in total. The summed E-state index contributed by atoms with van der Waals surface area (Å²) in [5, 5.41) is 16.3. The number of amides is 1. The maximum absolute atomic E-state index is 13.6. The van der Waals surface area contributed by atoms with Crippen LogP contribution in [0.1, 0.15) is 12.8 Å². The summed E-state index contributed by atoms with van der Waals surface area (Å²) in [5.41, 5.74) is 4.09. The second kappa shape index (κ2) is 7.60. The Morgan fingerprint density at radius 2 is 1.76 bits per heavy atom. The van der Waals surface area contributed by atoms with E-state index in [1.165, 1.54) is 18.2 Å². The maximum Gasteiger partial charge on any atom is 0.270 e. The Kier molecular flexibility index (Phi) is 4.55. The number of carbonyl (C=O) groups excluding carboxylic acids is 1. The van der Waals surface area contributed by atoms with Crippen LogP contribution in [0.3, 0.4) is 0 Å². The predicted molar refractivity (Wildman–Crippen MR) is 122 cm³/mol. The van der Waals surface area contributed by atoms with E-state index >= 15 is 0 Å². The van der Waals surface area contributed by atoms with Gasteiger partial charge in [-0.05, 0) is 60.9 Å². The number of aliphatic hydroxyl groups is 1. The first-order chi connectivity index (χ1) is 16.1. The summed E-state index contributed by atoms with van der Waals surface area (Å²) in [6, 6.07) is 13.9. The quantitative estimate of drug-likeness (QED) is 0.527. The lowest BCUT2D eigenvalue weighted by atomic mass is 9.99. The van der Waals surface area contributed by atoms with Crippen molar-refractivity contribution in [2.75, 3.05) is 18.0 Å². The topological polar surface area (TPSA) is 83.1 Å². The zero-order valence-electron chi connectivity index (χ0n) is 17.6. The molecule has 0 bridgehead atoms. The Labute approximate surface area is 188 Å². The lowest BCUT2D eigenvalue weighted by Gasteiger charge is -2.30. The summed E-state index contributed by atoms with van der Waals surface area (Å²) in [7, 11) is 0. The van der Waals surface area contributed by atoms with E-state index in [0.29, 0.717) is 42.9 Å². The van der Waals surface area contributed by atoms with Crippen LogP contribution in [0.5, 0.6) is 0 Å². The number of halogens is 1. The van der Waals surface area contributed by atoms with E-state index in [0.717, 1.165) is 27.4 Å². The van der Waals surface area contributed by atoms with Crippen molar-refractivity contribution in [2.45, 2.75) is 18.9 Å². The van der Waals surface area contributed by atoms with E-state index in [1.54, 1.807) is 18.3 Å². The minimum Gasteiger partial charge on any atom is -0.393 e. The van der Waals surface area contributed by atoms with Gasteiger partial charge in [0, 0.05) is 41.7 Å². The highest BCUT2D eigenvalue weighted by molar-refractivity contribution is 6.06. The minimum absolute atomic E-state index is 0.264. The van der Waals surface area contributed by atoms with Crippen LogP contribution in [-0.4, -0.2) is 44.8 Å². The largest absolute Gasteiger partial charge is 0.393 e. The molecule has 0 atom stereocenters. The fraction of sp³-hybridized carbons (Fsp3) is 0.200. The van der Waals surface area contributed by atoms with Crippen molar-refractivity contribution in [1.82, 2.24) is 14.6 Å². The molecule has 4 heterocycles. The van der Waals surface area contributed by atoms with E-state index in [2.05, 4.69) is 14.9 Å². The lowest BCUT2D eigenvalue weighted by molar-refractivity contribution is -0.112. The van der Waals surface area contributed by atoms with Gasteiger partial charge in [0.2, 0.25) is 5.95 Å². The average molecular weight is 441 g/mol. The first-order valence-corrected chi connectivity index (χ1v) is 10.9. The Balaban J connectivity index is 1.59. The third-order valence-electron chi connectivity index (χ3n) is 6.22. The van der Waals surface area contributed by atoms with Gasteiger partial charge in [-0.2, -0.15) is 9.61 Å². The SMILES string of the molecule is O=C1C=c2cc(-c3c(-c4ccc(F)cc4)nn4c(N5CCC(O)CC5)nccc34)ccc2=N1. The fourth-order valence-electron chi connectivity index (χ4n) is 4.55. The zero-order chi connectivity index (χ0) is 22.5. The predicted octanol–water partition coefficient (Wildman–Crippen LogP) is 2.10. The van der Waals surface area contributed by atoms with Gasteiger partial charge in [0.25, 0.3) is 5.91 Å². The Morgan fingerprint density at radius 3 is 2.55 bits per heavy atom. The molecule has 33 heavy (non-hydrogen) atoms. The molecule has 1 amide bonds. The van der Waals surface area contributed by atoms with Crippen LogP contribution in [-0.2, 0) is 4.79 Å². The summed E-state index contributed by atoms with van der Waals surface area (Å²) in [6.45, 7) is 1.37. The van der Waals surface area contributed by atoms with Crippen LogP contribution in [0.25, 0.3) is 34.0 Å². The molecule has 0 spiro atoms. The van der Waals surface area contributed by atoms with Crippen molar-refractivity contribution in [3.05, 3.63) is 71.1 Å². The van der Waals surface area contributed by atoms with Gasteiger partial charge in [-0.3, -0.25) is 4.79 Å². The number of nitrogens with zero attached hydrogens (tertiary/aromatic N) is 5. The van der Waals surface area contributed by atoms with Crippen molar-refractivity contribution in [2.24, 2.45) is 4.99 Å². The number of hydrogen-bond acceptors (Lipinski definition) is 5. The third kappa shape index (κ3) is 3.39. The van der Waals surface area contributed by atoms with E-state index in [1.807, 2.05) is 28.8 Å². The molecule has 1 saturated heterocycles. The van der Waals surface area contributed by atoms with Gasteiger partial charge in [-0.15, -0.1) is 0 Å². The van der Waals surface area contributed by atoms with Crippen molar-refractivity contribution < 1.29 is 14.3 Å². The molecule has 1 fully saturated rings. The molecule has 6 rings (SSSR count). The molecule has 7 nitrogen and oxygen atoms in total. The highest BCUT2D eigenvalue weighted by atomic mass is 19.1. The van der Waals surface area contributed by atoms with Gasteiger partial charge >= 0.3 is 0 Å². The number of fused-ring (bicyclic) bond motifs is 2. The number of hydrogen-bond donors (Lipinski definition) is 1. The summed E-state index contributed by atoms with van der Waals surface area (Å²) in [6.07, 6.45) is 4.34. The molecular formula is C25H20FN5O2. The second-order valence-corrected chi connectivity index (χ2v) is 8.36. The minimum atomic E-state index is -0.314. The number of rotatable bonds is 3. The molecule has 8 heteroatoms. The molecule has 2 aliphatic heterocycles. The normalized spacial score (nSPS) is 16.1. The van der Waals surface area contributed by atoms with Gasteiger partial charge in [0.15, 0.2) is 0 Å². The van der Waals surface area contributed by atoms with Crippen LogP contribution >= 0.6 is 0 Å². The summed E-state index contributed by atoms with van der Waals surface area (Å²) in [5.74, 6) is 0.122. The van der Waals surface area contributed by atoms with Crippen LogP contribution in [0.4, 0.5) is 10.3 Å². The third-order valence-corrected chi connectivity index (χ3v) is 6.22. The smallest absolute Gasteiger partial charge is 0.270 e. The maximum atomic E-state index is 13.6. The lowest BCUT2D eigenvalue weighted by Crippen LogP contribution is -2.37. The number of piperidine rings is 1. The first-order valence-electron chi connectivity index (χ1n) is 10.9. The second-order valence-electron chi connectivity index (χ2n) is 8.36. The molecule has 4 aromatic rings. The van der Waals surface area contributed by atoms with E-state index in [9.17, 15) is 14.3 Å². The molecule has 0 aliphatic carbocycles. The Hall–Kier alpha value is -3.91. The van der Waals surface area contributed by atoms with Crippen LogP contribution in [0.2, 0.25) is 0 Å². The van der Waals surface area contributed by atoms with Gasteiger partial charge in [-0.25, -0.2) is 14.4 Å². The van der Waals surface area contributed by atoms with Crippen LogP contribution in [0.15, 0.2) is 59.7 Å². The van der Waals surface area contributed by atoms with Gasteiger partial charge < -0.3 is 10.0 Å². The zero-order valence-corrected chi connectivity index (χ0v) is 17.6. The molecule has 2 aromatic carbocycles. The standard InChI is InChI=1S/C25H20FN5O2/c26-18-4-1-15(2-5-18)24-23(16-3-6-20-17(13-16)14-22(33)28-20)21-7-10-27-25(31(21)29-24)30-11-8-19(32)9-12-30/h1-7,10,13-14,19,32H,8-9,11-12H2. The Bertz CT molecular complexity index is 1520. The molecule has 164 valence electrons.